The van der Waals surface area contributed by atoms with E-state index in [1.54, 1.807) is 0 Å². The highest BCUT2D eigenvalue weighted by Gasteiger charge is 2.50. The van der Waals surface area contributed by atoms with Crippen LogP contribution in [-0.2, 0) is 10.2 Å². The van der Waals surface area contributed by atoms with Gasteiger partial charge in [0.1, 0.15) is 5.75 Å². The number of esters is 1. The molecule has 3 rings (SSSR count). The van der Waals surface area contributed by atoms with E-state index in [1.807, 2.05) is 0 Å². The van der Waals surface area contributed by atoms with Crippen molar-refractivity contribution in [1.29, 1.82) is 0 Å². The number of non-ortho nitro benzene ring substituents is 1. The molecule has 0 aliphatic rings. The lowest BCUT2D eigenvalue weighted by atomic mass is 10.0. The van der Waals surface area contributed by atoms with Crippen LogP contribution in [0, 0.1) is 10.1 Å². The summed E-state index contributed by atoms with van der Waals surface area (Å²) in [7, 11) is -5.73. The molecule has 11 heteroatoms. The van der Waals surface area contributed by atoms with E-state index in [0.717, 1.165) is 24.3 Å². The number of hydrogen-bond donors (Lipinski definition) is 2. The van der Waals surface area contributed by atoms with Crippen LogP contribution in [0.15, 0.2) is 60.7 Å². The first-order chi connectivity index (χ1) is 13.5. The minimum Gasteiger partial charge on any atom is -0.423 e. The molecule has 0 radical (unpaired) electrons. The topological polar surface area (TPSA) is 127 Å². The van der Waals surface area contributed by atoms with Gasteiger partial charge in [0.25, 0.3) is 5.69 Å². The molecule has 3 aromatic carbocycles. The molecule has 0 aliphatic carbocycles. The molecule has 0 aliphatic heterocycles. The van der Waals surface area contributed by atoms with Crippen molar-refractivity contribution in [2.45, 2.75) is 5.66 Å². The van der Waals surface area contributed by atoms with E-state index in [2.05, 4.69) is 0 Å². The number of carbonyl (C=O) groups is 1. The Hall–Kier alpha value is -3.20. The van der Waals surface area contributed by atoms with Gasteiger partial charge in [-0.05, 0) is 41.1 Å². The number of halogens is 2. The van der Waals surface area contributed by atoms with Crippen LogP contribution in [0.5, 0.6) is 5.75 Å². The smallest absolute Gasteiger partial charge is 0.399 e. The first-order valence-electron chi connectivity index (χ1n) is 7.93. The van der Waals surface area contributed by atoms with Crippen molar-refractivity contribution >= 4 is 30.0 Å². The number of carbonyl (C=O) groups excluding carboxylic acids is 1. The zero-order valence-corrected chi connectivity index (χ0v) is 15.3. The molecule has 0 spiro atoms. The normalized spacial score (nSPS) is 12.0. The minimum absolute atomic E-state index is 0.00695. The summed E-state index contributed by atoms with van der Waals surface area (Å²) in [5, 5.41) is 11.2. The molecule has 0 saturated heterocycles. The molecule has 2 N–H and O–H groups in total. The molecule has 29 heavy (non-hydrogen) atoms. The zero-order valence-electron chi connectivity index (χ0n) is 14.4. The van der Waals surface area contributed by atoms with Gasteiger partial charge in [0, 0.05) is 17.7 Å². The van der Waals surface area contributed by atoms with Crippen LogP contribution in [0.1, 0.15) is 15.9 Å². The van der Waals surface area contributed by atoms with Crippen molar-refractivity contribution in [1.82, 2.24) is 0 Å². The molecule has 150 valence electrons. The molecular formula is C18H12F2NO7P. The Morgan fingerprint density at radius 1 is 1.00 bits per heavy atom. The fourth-order valence-electron chi connectivity index (χ4n) is 2.53. The first-order valence-corrected chi connectivity index (χ1v) is 9.55. The summed E-state index contributed by atoms with van der Waals surface area (Å²) in [5.41, 5.74) is -5.46. The lowest BCUT2D eigenvalue weighted by Gasteiger charge is -2.18. The first kappa shape index (κ1) is 20.5. The number of nitro groups is 1. The van der Waals surface area contributed by atoms with Gasteiger partial charge in [-0.1, -0.05) is 18.2 Å². The predicted molar refractivity (Wildman–Crippen MR) is 97.9 cm³/mol. The van der Waals surface area contributed by atoms with Crippen LogP contribution >= 0.6 is 7.60 Å². The van der Waals surface area contributed by atoms with Gasteiger partial charge < -0.3 is 14.5 Å². The van der Waals surface area contributed by atoms with Gasteiger partial charge in [-0.15, -0.1) is 0 Å². The van der Waals surface area contributed by atoms with Crippen LogP contribution in [0.3, 0.4) is 0 Å². The van der Waals surface area contributed by atoms with E-state index < -0.39 is 29.7 Å². The summed E-state index contributed by atoms with van der Waals surface area (Å²) in [6.07, 6.45) is 0. The molecule has 0 unspecified atom stereocenters. The number of alkyl halides is 2. The molecule has 0 bridgehead atoms. The Balaban J connectivity index is 1.90. The van der Waals surface area contributed by atoms with E-state index >= 15 is 0 Å². The lowest BCUT2D eigenvalue weighted by Crippen LogP contribution is -2.13. The quantitative estimate of drug-likeness (QED) is 0.207. The van der Waals surface area contributed by atoms with Crippen molar-refractivity contribution in [2.75, 3.05) is 0 Å². The second-order valence-corrected chi connectivity index (χ2v) is 7.65. The number of hydrogen-bond acceptors (Lipinski definition) is 5. The fraction of sp³-hybridized carbons (Fsp3) is 0.0556. The summed E-state index contributed by atoms with van der Waals surface area (Å²) in [6.45, 7) is 0. The number of nitro benzene ring substituents is 1. The number of rotatable bonds is 5. The van der Waals surface area contributed by atoms with E-state index in [9.17, 15) is 28.3 Å². The van der Waals surface area contributed by atoms with Gasteiger partial charge in [-0.25, -0.2) is 4.79 Å². The highest BCUT2D eigenvalue weighted by atomic mass is 31.2. The molecule has 3 aromatic rings. The van der Waals surface area contributed by atoms with Crippen LogP contribution in [0.2, 0.25) is 0 Å². The van der Waals surface area contributed by atoms with Crippen molar-refractivity contribution < 1.29 is 37.6 Å². The molecule has 8 nitrogen and oxygen atoms in total. The van der Waals surface area contributed by atoms with Crippen LogP contribution in [0.4, 0.5) is 14.5 Å². The second-order valence-electron chi connectivity index (χ2n) is 6.00. The Morgan fingerprint density at radius 2 is 1.62 bits per heavy atom. The Kier molecular flexibility index (Phi) is 5.18. The monoisotopic (exact) mass is 423 g/mol. The zero-order chi connectivity index (χ0) is 21.4. The number of benzene rings is 3. The van der Waals surface area contributed by atoms with Gasteiger partial charge in [0.05, 0.1) is 10.5 Å². The van der Waals surface area contributed by atoms with Crippen LogP contribution < -0.4 is 4.74 Å². The highest BCUT2D eigenvalue weighted by Crippen LogP contribution is 2.59. The Bertz CT molecular complexity index is 1160. The summed E-state index contributed by atoms with van der Waals surface area (Å²) in [5.74, 6) is -0.796. The van der Waals surface area contributed by atoms with Gasteiger partial charge >= 0.3 is 19.2 Å². The van der Waals surface area contributed by atoms with E-state index in [4.69, 9.17) is 14.5 Å². The standard InChI is InChI=1S/C18H12F2NO7P/c19-18(20,29(25,26)27)14-4-3-11-1-2-12(9-13(11)10-14)17(22)28-16-7-5-15(6-8-16)21(23)24/h1-10H,(H2,25,26,27). The summed E-state index contributed by atoms with van der Waals surface area (Å²) < 4.78 is 44.0. The lowest BCUT2D eigenvalue weighted by molar-refractivity contribution is -0.384. The minimum atomic E-state index is -5.73. The van der Waals surface area contributed by atoms with E-state index in [0.29, 0.717) is 5.39 Å². The molecular weight excluding hydrogens is 411 g/mol. The highest BCUT2D eigenvalue weighted by molar-refractivity contribution is 7.52. The fourth-order valence-corrected chi connectivity index (χ4v) is 3.01. The molecule has 0 amide bonds. The van der Waals surface area contributed by atoms with E-state index in [-0.39, 0.29) is 22.4 Å². The second kappa shape index (κ2) is 7.32. The third kappa shape index (κ3) is 4.14. The average molecular weight is 423 g/mol. The SMILES string of the molecule is O=C(Oc1ccc([N+](=O)[O-])cc1)c1ccc2ccc(C(F)(F)P(=O)(O)O)cc2c1. The van der Waals surface area contributed by atoms with Crippen molar-refractivity contribution in [3.8, 4) is 5.75 Å². The third-order valence-electron chi connectivity index (χ3n) is 4.05. The predicted octanol–water partition coefficient (Wildman–Crippen LogP) is 4.19. The molecule has 0 heterocycles. The third-order valence-corrected chi connectivity index (χ3v) is 5.04. The van der Waals surface area contributed by atoms with Gasteiger partial charge in [-0.2, -0.15) is 8.78 Å². The largest absolute Gasteiger partial charge is 0.423 e. The van der Waals surface area contributed by atoms with Gasteiger partial charge in [0.2, 0.25) is 0 Å². The van der Waals surface area contributed by atoms with Crippen molar-refractivity contribution in [2.24, 2.45) is 0 Å². The van der Waals surface area contributed by atoms with E-state index in [1.165, 1.54) is 36.4 Å². The summed E-state index contributed by atoms with van der Waals surface area (Å²) >= 11 is 0. The molecule has 0 saturated carbocycles. The summed E-state index contributed by atoms with van der Waals surface area (Å²) in [4.78, 5) is 40.1. The van der Waals surface area contributed by atoms with Crippen LogP contribution in [0.25, 0.3) is 10.8 Å². The maximum absolute atomic E-state index is 13.9. The average Bonchev–Trinajstić information content (AvgIpc) is 2.66. The number of nitrogens with zero attached hydrogens (tertiary/aromatic N) is 1. The Labute approximate surface area is 161 Å². The summed E-state index contributed by atoms with van der Waals surface area (Å²) in [6, 6.07) is 11.9. The van der Waals surface area contributed by atoms with Crippen molar-refractivity contribution in [3.63, 3.8) is 0 Å². The maximum Gasteiger partial charge on any atom is 0.399 e. The maximum atomic E-state index is 13.9. The van der Waals surface area contributed by atoms with Crippen molar-refractivity contribution in [3.05, 3.63) is 81.9 Å². The molecule has 0 atom stereocenters. The Morgan fingerprint density at radius 3 is 2.21 bits per heavy atom. The van der Waals surface area contributed by atoms with Gasteiger partial charge in [0.15, 0.2) is 0 Å². The molecule has 0 fully saturated rings. The van der Waals surface area contributed by atoms with Crippen LogP contribution in [-0.4, -0.2) is 20.7 Å². The number of fused-ring (bicyclic) bond motifs is 1. The number of ether oxygens (including phenoxy) is 1. The molecule has 0 aromatic heterocycles. The van der Waals surface area contributed by atoms with Gasteiger partial charge in [-0.3, -0.25) is 14.7 Å².